The molecule has 0 aliphatic heterocycles. The van der Waals surface area contributed by atoms with Crippen LogP contribution in [0.1, 0.15) is 5.56 Å². The van der Waals surface area contributed by atoms with E-state index in [9.17, 15) is 13.2 Å². The van der Waals surface area contributed by atoms with Gasteiger partial charge in [-0.05, 0) is 30.3 Å². The smallest absolute Gasteiger partial charge is 0.271 e. The maximum atomic E-state index is 12.5. The summed E-state index contributed by atoms with van der Waals surface area (Å²) in [5, 5.41) is 14.7. The molecule has 126 valence electrons. The molecule has 7 nitrogen and oxygen atoms in total. The highest BCUT2D eigenvalue weighted by Gasteiger charge is 2.18. The van der Waals surface area contributed by atoms with Crippen LogP contribution in [-0.4, -0.2) is 18.2 Å². The Bertz CT molecular complexity index is 1140. The number of nitriles is 1. The van der Waals surface area contributed by atoms with Crippen LogP contribution in [0.2, 0.25) is 0 Å². The van der Waals surface area contributed by atoms with E-state index in [-0.39, 0.29) is 9.77 Å². The van der Waals surface area contributed by atoms with Gasteiger partial charge < -0.3 is 0 Å². The van der Waals surface area contributed by atoms with Crippen molar-refractivity contribution in [1.82, 2.24) is 9.78 Å². The van der Waals surface area contributed by atoms with E-state index in [2.05, 4.69) is 9.82 Å². The fraction of sp³-hybridized carbons (Fsp3) is 0.0625. The predicted molar refractivity (Wildman–Crippen MR) is 94.8 cm³/mol. The van der Waals surface area contributed by atoms with Crippen LogP contribution in [-0.2, 0) is 17.1 Å². The number of hydrogen-bond donors (Lipinski definition) is 1. The number of anilines is 1. The largest absolute Gasteiger partial charge is 0.279 e. The number of sulfonamides is 1. The van der Waals surface area contributed by atoms with Gasteiger partial charge in [0.15, 0.2) is 0 Å². The van der Waals surface area contributed by atoms with Crippen LogP contribution in [0.5, 0.6) is 0 Å². The fourth-order valence-electron chi connectivity index (χ4n) is 2.11. The topological polar surface area (TPSA) is 105 Å². The fourth-order valence-corrected chi connectivity index (χ4v) is 4.33. The van der Waals surface area contributed by atoms with Crippen molar-refractivity contribution in [3.05, 3.63) is 63.8 Å². The zero-order valence-corrected chi connectivity index (χ0v) is 14.6. The number of thiophene rings is 1. The van der Waals surface area contributed by atoms with Crippen LogP contribution in [0.3, 0.4) is 0 Å². The molecule has 0 amide bonds. The average molecular weight is 372 g/mol. The first-order chi connectivity index (χ1) is 11.9. The molecule has 0 aliphatic carbocycles. The number of nitrogens with zero attached hydrogens (tertiary/aromatic N) is 3. The third kappa shape index (κ3) is 3.60. The normalized spacial score (nSPS) is 11.0. The van der Waals surface area contributed by atoms with E-state index in [1.807, 2.05) is 6.07 Å². The highest BCUT2D eigenvalue weighted by atomic mass is 32.2. The van der Waals surface area contributed by atoms with Gasteiger partial charge in [-0.1, -0.05) is 6.07 Å². The standard InChI is InChI=1S/C16H12N4O3S2/c1-20-15(21)6-5-14(18-20)12-8-16(24-10-12)25(22,23)19-13-4-2-3-11(7-13)9-17/h2-8,10,19H,1H3. The Kier molecular flexibility index (Phi) is 4.39. The van der Waals surface area contributed by atoms with Crippen LogP contribution < -0.4 is 10.3 Å². The summed E-state index contributed by atoms with van der Waals surface area (Å²) in [6.45, 7) is 0. The van der Waals surface area contributed by atoms with Crippen molar-refractivity contribution in [3.8, 4) is 17.3 Å². The molecule has 0 bridgehead atoms. The van der Waals surface area contributed by atoms with Gasteiger partial charge in [0.25, 0.3) is 15.6 Å². The lowest BCUT2D eigenvalue weighted by Gasteiger charge is -2.06. The second kappa shape index (κ2) is 6.51. The van der Waals surface area contributed by atoms with E-state index in [1.54, 1.807) is 29.6 Å². The van der Waals surface area contributed by atoms with Crippen LogP contribution in [0, 0.1) is 11.3 Å². The zero-order chi connectivity index (χ0) is 18.0. The van der Waals surface area contributed by atoms with E-state index in [4.69, 9.17) is 5.26 Å². The van der Waals surface area contributed by atoms with Gasteiger partial charge in [-0.2, -0.15) is 10.4 Å². The molecule has 0 spiro atoms. The van der Waals surface area contributed by atoms with E-state index >= 15 is 0 Å². The first-order valence-electron chi connectivity index (χ1n) is 7.05. The van der Waals surface area contributed by atoms with Crippen molar-refractivity contribution < 1.29 is 8.42 Å². The minimum atomic E-state index is -3.78. The van der Waals surface area contributed by atoms with Crippen molar-refractivity contribution >= 4 is 27.0 Å². The molecule has 0 saturated carbocycles. The van der Waals surface area contributed by atoms with Gasteiger partial charge in [-0.15, -0.1) is 11.3 Å². The molecule has 0 fully saturated rings. The molecule has 2 heterocycles. The van der Waals surface area contributed by atoms with Crippen LogP contribution in [0.15, 0.2) is 56.8 Å². The van der Waals surface area contributed by atoms with Gasteiger partial charge in [-0.25, -0.2) is 13.1 Å². The first-order valence-corrected chi connectivity index (χ1v) is 9.41. The Morgan fingerprint density at radius 3 is 2.76 bits per heavy atom. The Balaban J connectivity index is 1.91. The number of rotatable bonds is 4. The number of aromatic nitrogens is 2. The first kappa shape index (κ1) is 16.9. The van der Waals surface area contributed by atoms with E-state index in [0.29, 0.717) is 22.5 Å². The highest BCUT2D eigenvalue weighted by molar-refractivity contribution is 7.94. The number of nitrogens with one attached hydrogen (secondary N) is 1. The molecule has 0 radical (unpaired) electrons. The summed E-state index contributed by atoms with van der Waals surface area (Å²) in [6.07, 6.45) is 0. The summed E-state index contributed by atoms with van der Waals surface area (Å²) >= 11 is 1.05. The molecular formula is C16H12N4O3S2. The molecule has 3 rings (SSSR count). The lowest BCUT2D eigenvalue weighted by molar-refractivity contribution is 0.603. The van der Waals surface area contributed by atoms with Crippen LogP contribution in [0.4, 0.5) is 5.69 Å². The second-order valence-corrected chi connectivity index (χ2v) is 7.95. The molecular weight excluding hydrogens is 360 g/mol. The van der Waals surface area contributed by atoms with Crippen molar-refractivity contribution in [2.45, 2.75) is 4.21 Å². The molecule has 1 N–H and O–H groups in total. The third-order valence-electron chi connectivity index (χ3n) is 3.34. The lowest BCUT2D eigenvalue weighted by Crippen LogP contribution is -2.18. The van der Waals surface area contributed by atoms with Crippen molar-refractivity contribution in [2.24, 2.45) is 7.05 Å². The summed E-state index contributed by atoms with van der Waals surface area (Å²) in [4.78, 5) is 11.4. The summed E-state index contributed by atoms with van der Waals surface area (Å²) in [5.41, 5.74) is 1.54. The van der Waals surface area contributed by atoms with E-state index in [1.165, 1.54) is 29.9 Å². The molecule has 0 atom stereocenters. The Labute approximate surface area is 147 Å². The van der Waals surface area contributed by atoms with E-state index in [0.717, 1.165) is 11.3 Å². The lowest BCUT2D eigenvalue weighted by atomic mass is 10.2. The molecule has 2 aromatic heterocycles. The van der Waals surface area contributed by atoms with E-state index < -0.39 is 10.0 Å². The summed E-state index contributed by atoms with van der Waals surface area (Å²) < 4.78 is 28.8. The van der Waals surface area contributed by atoms with Crippen molar-refractivity contribution in [3.63, 3.8) is 0 Å². The number of aryl methyl sites for hydroxylation is 1. The van der Waals surface area contributed by atoms with Gasteiger partial charge >= 0.3 is 0 Å². The molecule has 0 aliphatic rings. The highest BCUT2D eigenvalue weighted by Crippen LogP contribution is 2.28. The van der Waals surface area contributed by atoms with Gasteiger partial charge in [0.1, 0.15) is 4.21 Å². The molecule has 25 heavy (non-hydrogen) atoms. The van der Waals surface area contributed by atoms with Crippen molar-refractivity contribution in [1.29, 1.82) is 5.26 Å². The minimum absolute atomic E-state index is 0.112. The number of benzene rings is 1. The summed E-state index contributed by atoms with van der Waals surface area (Å²) in [5.74, 6) is 0. The molecule has 0 unspecified atom stereocenters. The number of hydrogen-bond acceptors (Lipinski definition) is 6. The zero-order valence-electron chi connectivity index (χ0n) is 13.0. The maximum absolute atomic E-state index is 12.5. The average Bonchev–Trinajstić information content (AvgIpc) is 3.08. The van der Waals surface area contributed by atoms with Gasteiger partial charge in [0.2, 0.25) is 0 Å². The second-order valence-electron chi connectivity index (χ2n) is 5.13. The quantitative estimate of drug-likeness (QED) is 0.756. The Morgan fingerprint density at radius 1 is 1.24 bits per heavy atom. The van der Waals surface area contributed by atoms with Crippen LogP contribution >= 0.6 is 11.3 Å². The Morgan fingerprint density at radius 2 is 2.04 bits per heavy atom. The van der Waals surface area contributed by atoms with Gasteiger partial charge in [0, 0.05) is 24.1 Å². The SMILES string of the molecule is Cn1nc(-c2csc(S(=O)(=O)Nc3cccc(C#N)c3)c2)ccc1=O. The summed E-state index contributed by atoms with van der Waals surface area (Å²) in [7, 11) is -2.25. The summed E-state index contributed by atoms with van der Waals surface area (Å²) in [6, 6.07) is 12.6. The molecule has 9 heteroatoms. The van der Waals surface area contributed by atoms with Gasteiger partial charge in [0.05, 0.1) is 23.0 Å². The third-order valence-corrected chi connectivity index (χ3v) is 6.16. The van der Waals surface area contributed by atoms with Crippen LogP contribution in [0.25, 0.3) is 11.3 Å². The monoisotopic (exact) mass is 372 g/mol. The maximum Gasteiger partial charge on any atom is 0.271 e. The van der Waals surface area contributed by atoms with Crippen molar-refractivity contribution in [2.75, 3.05) is 4.72 Å². The van der Waals surface area contributed by atoms with Gasteiger partial charge in [-0.3, -0.25) is 9.52 Å². The minimum Gasteiger partial charge on any atom is -0.279 e. The molecule has 3 aromatic rings. The predicted octanol–water partition coefficient (Wildman–Crippen LogP) is 2.18. The molecule has 1 aromatic carbocycles. The molecule has 0 saturated heterocycles. The Hall–Kier alpha value is -2.96.